The molecule has 0 saturated heterocycles. The van der Waals surface area contributed by atoms with Crippen LogP contribution in [0.2, 0.25) is 0 Å². The summed E-state index contributed by atoms with van der Waals surface area (Å²) in [6, 6.07) is 0. The van der Waals surface area contributed by atoms with Crippen molar-refractivity contribution in [3.63, 3.8) is 0 Å². The highest BCUT2D eigenvalue weighted by Crippen LogP contribution is 2.25. The van der Waals surface area contributed by atoms with E-state index in [4.69, 9.17) is 0 Å². The Morgan fingerprint density at radius 2 is 2.38 bits per heavy atom. The van der Waals surface area contributed by atoms with E-state index in [2.05, 4.69) is 0 Å². The van der Waals surface area contributed by atoms with Crippen molar-refractivity contribution in [3.8, 4) is 0 Å². The number of rotatable bonds is 2. The van der Waals surface area contributed by atoms with Gasteiger partial charge >= 0.3 is 0 Å². The molecule has 0 heterocycles. The van der Waals surface area contributed by atoms with E-state index in [1.165, 1.54) is 26.0 Å². The number of Topliss-reactive ketones (excluding diaryl/α,β-unsaturated/α-hetero) is 1. The van der Waals surface area contributed by atoms with E-state index in [1.807, 2.05) is 0 Å². The highest BCUT2D eigenvalue weighted by molar-refractivity contribution is 5.84. The van der Waals surface area contributed by atoms with E-state index in [0.29, 0.717) is 5.57 Å². The molecule has 3 heteroatoms. The summed E-state index contributed by atoms with van der Waals surface area (Å²) >= 11 is 0. The molecule has 13 heavy (non-hydrogen) atoms. The van der Waals surface area contributed by atoms with Gasteiger partial charge in [0.1, 0.15) is 11.8 Å². The smallest absolute Gasteiger partial charge is 0.162 e. The summed E-state index contributed by atoms with van der Waals surface area (Å²) in [5, 5.41) is 9.33. The number of carbonyl (C=O) groups excluding carboxylic acids is 1. The lowest BCUT2D eigenvalue weighted by molar-refractivity contribution is -0.123. The molecule has 0 fully saturated rings. The first kappa shape index (κ1) is 10.1. The lowest BCUT2D eigenvalue weighted by Gasteiger charge is -2.20. The van der Waals surface area contributed by atoms with Crippen LogP contribution in [0.15, 0.2) is 23.8 Å². The van der Waals surface area contributed by atoms with Crippen molar-refractivity contribution in [1.82, 2.24) is 0 Å². The normalized spacial score (nSPS) is 29.7. The maximum Gasteiger partial charge on any atom is 0.162 e. The van der Waals surface area contributed by atoms with E-state index >= 15 is 0 Å². The summed E-state index contributed by atoms with van der Waals surface area (Å²) in [7, 11) is 0. The maximum atomic E-state index is 13.2. The van der Waals surface area contributed by atoms with Crippen molar-refractivity contribution in [2.45, 2.75) is 32.0 Å². The third kappa shape index (κ3) is 2.49. The molecule has 1 rings (SSSR count). The zero-order valence-electron chi connectivity index (χ0n) is 7.75. The van der Waals surface area contributed by atoms with Crippen LogP contribution in [0.3, 0.4) is 0 Å². The second-order valence-corrected chi connectivity index (χ2v) is 3.53. The fourth-order valence-electron chi connectivity index (χ4n) is 1.16. The summed E-state index contributed by atoms with van der Waals surface area (Å²) in [4.78, 5) is 10.8. The number of hydrogen-bond acceptors (Lipinski definition) is 2. The van der Waals surface area contributed by atoms with Gasteiger partial charge in [0.05, 0.1) is 0 Å². The van der Waals surface area contributed by atoms with Gasteiger partial charge in [-0.05, 0) is 25.5 Å². The number of alkyl halides is 1. The Balaban J connectivity index is 2.73. The molecular weight excluding hydrogens is 171 g/mol. The van der Waals surface area contributed by atoms with Crippen LogP contribution in [0.25, 0.3) is 0 Å². The number of hydrogen-bond donors (Lipinski definition) is 1. The molecule has 1 aliphatic carbocycles. The van der Waals surface area contributed by atoms with Gasteiger partial charge in [-0.25, -0.2) is 4.39 Å². The van der Waals surface area contributed by atoms with Crippen LogP contribution in [-0.4, -0.2) is 22.7 Å². The molecule has 0 aromatic carbocycles. The molecule has 1 N–H and O–H groups in total. The van der Waals surface area contributed by atoms with Crippen LogP contribution in [0.5, 0.6) is 0 Å². The van der Waals surface area contributed by atoms with Crippen molar-refractivity contribution >= 4 is 5.78 Å². The Bertz CT molecular complexity index is 277. The lowest BCUT2D eigenvalue weighted by Crippen LogP contribution is -2.23. The number of aliphatic hydroxyl groups excluding tert-OH is 1. The Morgan fingerprint density at radius 3 is 2.77 bits per heavy atom. The zero-order valence-corrected chi connectivity index (χ0v) is 7.75. The van der Waals surface area contributed by atoms with Gasteiger partial charge in [-0.15, -0.1) is 0 Å². The van der Waals surface area contributed by atoms with E-state index < -0.39 is 11.8 Å². The van der Waals surface area contributed by atoms with Crippen molar-refractivity contribution in [1.29, 1.82) is 0 Å². The predicted octanol–water partition coefficient (Wildman–Crippen LogP) is 1.55. The van der Waals surface area contributed by atoms with Crippen LogP contribution in [0.1, 0.15) is 20.3 Å². The van der Waals surface area contributed by atoms with Gasteiger partial charge in [0.2, 0.25) is 0 Å². The van der Waals surface area contributed by atoms with E-state index in [0.717, 1.165) is 0 Å². The number of carbonyl (C=O) groups is 1. The molecule has 0 saturated carbocycles. The maximum absolute atomic E-state index is 13.2. The van der Waals surface area contributed by atoms with E-state index in [9.17, 15) is 14.3 Å². The lowest BCUT2D eigenvalue weighted by atomic mass is 9.92. The standard InChI is InChI=1S/C10H13FO2/c1-7(12)9(13)8-3-5-10(2,11)6-4-8/h3-5,9,13H,6H2,1-2H3. The van der Waals surface area contributed by atoms with Crippen molar-refractivity contribution < 1.29 is 14.3 Å². The summed E-state index contributed by atoms with van der Waals surface area (Å²) < 4.78 is 13.2. The minimum Gasteiger partial charge on any atom is -0.381 e. The van der Waals surface area contributed by atoms with Gasteiger partial charge in [0.25, 0.3) is 0 Å². The van der Waals surface area contributed by atoms with Gasteiger partial charge in [0, 0.05) is 6.42 Å². The van der Waals surface area contributed by atoms with Crippen molar-refractivity contribution in [3.05, 3.63) is 23.8 Å². The molecule has 0 spiro atoms. The molecule has 2 unspecified atom stereocenters. The molecule has 2 nitrogen and oxygen atoms in total. The Kier molecular flexibility index (Phi) is 2.66. The molecule has 72 valence electrons. The quantitative estimate of drug-likeness (QED) is 0.707. The fraction of sp³-hybridized carbons (Fsp3) is 0.500. The zero-order chi connectivity index (χ0) is 10.1. The Labute approximate surface area is 76.8 Å². The summed E-state index contributed by atoms with van der Waals surface area (Å²) in [5.41, 5.74) is -0.859. The van der Waals surface area contributed by atoms with E-state index in [-0.39, 0.29) is 12.2 Å². The molecule has 0 aliphatic heterocycles. The van der Waals surface area contributed by atoms with Crippen LogP contribution >= 0.6 is 0 Å². The number of halogens is 1. The predicted molar refractivity (Wildman–Crippen MR) is 48.0 cm³/mol. The molecule has 0 aromatic heterocycles. The van der Waals surface area contributed by atoms with Crippen molar-refractivity contribution in [2.24, 2.45) is 0 Å². The SMILES string of the molecule is CC(=O)C(O)C1=CCC(C)(F)C=C1. The van der Waals surface area contributed by atoms with Crippen LogP contribution in [-0.2, 0) is 4.79 Å². The summed E-state index contributed by atoms with van der Waals surface area (Å²) in [5.74, 6) is -0.321. The van der Waals surface area contributed by atoms with Gasteiger partial charge < -0.3 is 5.11 Å². The Morgan fingerprint density at radius 1 is 1.77 bits per heavy atom. The van der Waals surface area contributed by atoms with Gasteiger partial charge in [-0.3, -0.25) is 4.79 Å². The number of ketones is 1. The highest BCUT2D eigenvalue weighted by Gasteiger charge is 2.24. The third-order valence-corrected chi connectivity index (χ3v) is 2.06. The minimum atomic E-state index is -1.35. The van der Waals surface area contributed by atoms with Gasteiger partial charge in [0.15, 0.2) is 5.78 Å². The minimum absolute atomic E-state index is 0.211. The molecule has 2 atom stereocenters. The molecule has 0 amide bonds. The second-order valence-electron chi connectivity index (χ2n) is 3.53. The Hall–Kier alpha value is -0.960. The monoisotopic (exact) mass is 184 g/mol. The topological polar surface area (TPSA) is 37.3 Å². The number of allylic oxidation sites excluding steroid dienone is 2. The molecule has 0 aromatic rings. The first-order valence-corrected chi connectivity index (χ1v) is 4.19. The number of aliphatic hydroxyl groups is 1. The first-order valence-electron chi connectivity index (χ1n) is 4.19. The summed E-state index contributed by atoms with van der Waals surface area (Å²) in [6.45, 7) is 2.76. The third-order valence-electron chi connectivity index (χ3n) is 2.06. The van der Waals surface area contributed by atoms with E-state index in [1.54, 1.807) is 6.08 Å². The first-order chi connectivity index (χ1) is 5.92. The summed E-state index contributed by atoms with van der Waals surface area (Å²) in [6.07, 6.45) is 3.51. The van der Waals surface area contributed by atoms with Gasteiger partial charge in [-0.2, -0.15) is 0 Å². The average molecular weight is 184 g/mol. The van der Waals surface area contributed by atoms with Crippen LogP contribution < -0.4 is 0 Å². The van der Waals surface area contributed by atoms with Gasteiger partial charge in [-0.1, -0.05) is 12.2 Å². The molecule has 0 radical (unpaired) electrons. The highest BCUT2D eigenvalue weighted by atomic mass is 19.1. The fourth-order valence-corrected chi connectivity index (χ4v) is 1.16. The van der Waals surface area contributed by atoms with Crippen LogP contribution in [0, 0.1) is 0 Å². The molecule has 1 aliphatic rings. The average Bonchev–Trinajstić information content (AvgIpc) is 2.03. The van der Waals surface area contributed by atoms with Crippen molar-refractivity contribution in [2.75, 3.05) is 0 Å². The molecular formula is C10H13FO2. The largest absolute Gasteiger partial charge is 0.381 e. The second kappa shape index (κ2) is 3.42. The van der Waals surface area contributed by atoms with Crippen LogP contribution in [0.4, 0.5) is 4.39 Å². The molecule has 0 bridgehead atoms.